The maximum atomic E-state index is 13.4. The van der Waals surface area contributed by atoms with Crippen LogP contribution in [0.4, 0.5) is 5.69 Å². The van der Waals surface area contributed by atoms with Crippen molar-refractivity contribution in [2.24, 2.45) is 5.92 Å². The van der Waals surface area contributed by atoms with E-state index in [1.54, 1.807) is 7.11 Å². The van der Waals surface area contributed by atoms with Crippen LogP contribution in [0.25, 0.3) is 0 Å². The van der Waals surface area contributed by atoms with Crippen LogP contribution in [0.2, 0.25) is 5.02 Å². The van der Waals surface area contributed by atoms with Crippen molar-refractivity contribution >= 4 is 29.1 Å². The summed E-state index contributed by atoms with van der Waals surface area (Å²) in [5.74, 6) is 0.237. The average molecular weight is 429 g/mol. The molecule has 1 aliphatic heterocycles. The van der Waals surface area contributed by atoms with Crippen LogP contribution < -0.4 is 10.1 Å². The molecular weight excluding hydrogens is 400 g/mol. The summed E-state index contributed by atoms with van der Waals surface area (Å²) in [6.07, 6.45) is 2.70. The lowest BCUT2D eigenvalue weighted by Crippen LogP contribution is -2.47. The number of nitrogens with one attached hydrogen (secondary N) is 1. The van der Waals surface area contributed by atoms with E-state index in [2.05, 4.69) is 12.2 Å². The topological polar surface area (TPSA) is 58.6 Å². The fraction of sp³-hybridized carbons (Fsp3) is 0.417. The maximum Gasteiger partial charge on any atom is 0.229 e. The second-order valence-electron chi connectivity index (χ2n) is 7.75. The van der Waals surface area contributed by atoms with E-state index in [1.165, 1.54) is 0 Å². The summed E-state index contributed by atoms with van der Waals surface area (Å²) in [7, 11) is 1.61. The number of likely N-dealkylation sites (tertiary alicyclic amines) is 1. The van der Waals surface area contributed by atoms with Gasteiger partial charge in [0.25, 0.3) is 0 Å². The molecule has 2 aromatic carbocycles. The molecule has 1 aliphatic rings. The zero-order valence-corrected chi connectivity index (χ0v) is 18.5. The molecule has 1 saturated heterocycles. The molecule has 160 valence electrons. The smallest absolute Gasteiger partial charge is 0.229 e. The first-order chi connectivity index (χ1) is 14.5. The molecule has 5 nitrogen and oxygen atoms in total. The van der Waals surface area contributed by atoms with Crippen molar-refractivity contribution in [2.45, 2.75) is 45.6 Å². The molecule has 2 amide bonds. The van der Waals surface area contributed by atoms with Crippen LogP contribution in [-0.4, -0.2) is 30.4 Å². The number of hydrogen-bond acceptors (Lipinski definition) is 3. The van der Waals surface area contributed by atoms with Crippen molar-refractivity contribution in [3.63, 3.8) is 0 Å². The molecule has 0 aliphatic carbocycles. The molecule has 1 fully saturated rings. The third-order valence-electron chi connectivity index (χ3n) is 5.64. The number of nitrogens with zero attached hydrogens (tertiary/aromatic N) is 1. The Morgan fingerprint density at radius 2 is 2.03 bits per heavy atom. The zero-order chi connectivity index (χ0) is 21.7. The molecule has 0 spiro atoms. The lowest BCUT2D eigenvalue weighted by Gasteiger charge is -2.41. The van der Waals surface area contributed by atoms with Crippen molar-refractivity contribution in [3.8, 4) is 5.75 Å². The van der Waals surface area contributed by atoms with Crippen molar-refractivity contribution in [2.75, 3.05) is 19.0 Å². The molecule has 0 saturated carbocycles. The van der Waals surface area contributed by atoms with Gasteiger partial charge in [0.15, 0.2) is 0 Å². The predicted octanol–water partition coefficient (Wildman–Crippen LogP) is 5.38. The monoisotopic (exact) mass is 428 g/mol. The molecule has 2 aromatic rings. The number of methoxy groups -OCH3 is 1. The lowest BCUT2D eigenvalue weighted by atomic mass is 9.83. The number of para-hydroxylation sites is 1. The van der Waals surface area contributed by atoms with Gasteiger partial charge in [-0.25, -0.2) is 0 Å². The van der Waals surface area contributed by atoms with Crippen molar-refractivity contribution in [1.29, 1.82) is 0 Å². The number of rotatable bonds is 7. The fourth-order valence-electron chi connectivity index (χ4n) is 4.06. The van der Waals surface area contributed by atoms with Gasteiger partial charge in [-0.2, -0.15) is 0 Å². The summed E-state index contributed by atoms with van der Waals surface area (Å²) in [4.78, 5) is 28.1. The summed E-state index contributed by atoms with van der Waals surface area (Å²) in [5, 5.41) is 3.49. The summed E-state index contributed by atoms with van der Waals surface area (Å²) in [5.41, 5.74) is 2.47. The first-order valence-electron chi connectivity index (χ1n) is 10.5. The quantitative estimate of drug-likeness (QED) is 0.644. The number of hydrogen-bond donors (Lipinski definition) is 1. The Bertz CT molecular complexity index is 915. The molecule has 0 radical (unpaired) electrons. The van der Waals surface area contributed by atoms with Crippen LogP contribution in [0, 0.1) is 12.8 Å². The molecule has 30 heavy (non-hydrogen) atoms. The fourth-order valence-corrected chi connectivity index (χ4v) is 4.34. The molecule has 6 heteroatoms. The highest BCUT2D eigenvalue weighted by Gasteiger charge is 2.41. The summed E-state index contributed by atoms with van der Waals surface area (Å²) < 4.78 is 5.57. The minimum absolute atomic E-state index is 0.0803. The van der Waals surface area contributed by atoms with Gasteiger partial charge < -0.3 is 15.0 Å². The van der Waals surface area contributed by atoms with Crippen LogP contribution in [0.3, 0.4) is 0 Å². The predicted molar refractivity (Wildman–Crippen MR) is 120 cm³/mol. The van der Waals surface area contributed by atoms with Gasteiger partial charge in [-0.3, -0.25) is 9.59 Å². The highest BCUT2D eigenvalue weighted by atomic mass is 35.5. The van der Waals surface area contributed by atoms with E-state index in [9.17, 15) is 9.59 Å². The minimum atomic E-state index is -0.395. The van der Waals surface area contributed by atoms with Crippen LogP contribution in [-0.2, 0) is 9.59 Å². The largest absolute Gasteiger partial charge is 0.496 e. The van der Waals surface area contributed by atoms with Gasteiger partial charge in [0.05, 0.1) is 29.8 Å². The first-order valence-corrected chi connectivity index (χ1v) is 10.8. The standard InChI is InChI=1S/C24H29ClN2O3/c1-4-5-14-27-22(28)13-11-18(23(27)17-8-6-7-9-21(17)30-3)24(29)26-20-12-10-16(2)15-19(20)25/h6-10,12,15,18,23H,4-5,11,13-14H2,1-3H3,(H,26,29)/t18-,23+/m1/s1. The van der Waals surface area contributed by atoms with Gasteiger partial charge >= 0.3 is 0 Å². The molecule has 2 atom stereocenters. The second-order valence-corrected chi connectivity index (χ2v) is 8.15. The number of carbonyl (C=O) groups excluding carboxylic acids is 2. The molecule has 1 N–H and O–H groups in total. The van der Waals surface area contributed by atoms with Crippen LogP contribution in [0.15, 0.2) is 42.5 Å². The normalized spacial score (nSPS) is 18.9. The van der Waals surface area contributed by atoms with E-state index < -0.39 is 5.92 Å². The Morgan fingerprint density at radius 1 is 1.27 bits per heavy atom. The highest BCUT2D eigenvalue weighted by Crippen LogP contribution is 2.41. The molecule has 3 rings (SSSR count). The number of amides is 2. The zero-order valence-electron chi connectivity index (χ0n) is 17.8. The van der Waals surface area contributed by atoms with E-state index in [4.69, 9.17) is 16.3 Å². The van der Waals surface area contributed by atoms with Crippen LogP contribution in [0.5, 0.6) is 5.75 Å². The van der Waals surface area contributed by atoms with Gasteiger partial charge in [0.1, 0.15) is 5.75 Å². The SMILES string of the molecule is CCCCN1C(=O)CC[C@@H](C(=O)Nc2ccc(C)cc2Cl)[C@@H]1c1ccccc1OC. The number of unbranched alkanes of at least 4 members (excludes halogenated alkanes) is 1. The van der Waals surface area contributed by atoms with Crippen molar-refractivity contribution in [1.82, 2.24) is 4.90 Å². The van der Waals surface area contributed by atoms with Crippen LogP contribution >= 0.6 is 11.6 Å². The number of halogens is 1. The second kappa shape index (κ2) is 9.98. The number of benzene rings is 2. The molecule has 1 heterocycles. The average Bonchev–Trinajstić information content (AvgIpc) is 2.74. The molecular formula is C24H29ClN2O3. The van der Waals surface area contributed by atoms with Crippen molar-refractivity contribution < 1.29 is 14.3 Å². The van der Waals surface area contributed by atoms with E-state index in [1.807, 2.05) is 54.3 Å². The first kappa shape index (κ1) is 22.2. The summed E-state index contributed by atoms with van der Waals surface area (Å²) in [6, 6.07) is 12.8. The lowest BCUT2D eigenvalue weighted by molar-refractivity contribution is -0.142. The van der Waals surface area contributed by atoms with Crippen molar-refractivity contribution in [3.05, 3.63) is 58.6 Å². The van der Waals surface area contributed by atoms with E-state index >= 15 is 0 Å². The Labute approximate surface area is 183 Å². The number of aryl methyl sites for hydroxylation is 1. The van der Waals surface area contributed by atoms with Gasteiger partial charge in [0, 0.05) is 18.5 Å². The van der Waals surface area contributed by atoms with E-state index in [0.717, 1.165) is 24.0 Å². The van der Waals surface area contributed by atoms with Gasteiger partial charge in [-0.05, 0) is 43.5 Å². The third-order valence-corrected chi connectivity index (χ3v) is 5.95. The molecule has 0 aromatic heterocycles. The Balaban J connectivity index is 1.97. The molecule has 0 unspecified atom stereocenters. The Morgan fingerprint density at radius 3 is 2.73 bits per heavy atom. The maximum absolute atomic E-state index is 13.4. The van der Waals surface area contributed by atoms with Gasteiger partial charge in [-0.15, -0.1) is 0 Å². The number of piperidine rings is 1. The van der Waals surface area contributed by atoms with E-state index in [-0.39, 0.29) is 17.9 Å². The van der Waals surface area contributed by atoms with Gasteiger partial charge in [-0.1, -0.05) is 49.2 Å². The Hall–Kier alpha value is -2.53. The number of carbonyl (C=O) groups is 2. The number of anilines is 1. The van der Waals surface area contributed by atoms with Gasteiger partial charge in [0.2, 0.25) is 11.8 Å². The minimum Gasteiger partial charge on any atom is -0.496 e. The number of ether oxygens (including phenoxy) is 1. The molecule has 0 bridgehead atoms. The third kappa shape index (κ3) is 4.78. The Kier molecular flexibility index (Phi) is 7.38. The summed E-state index contributed by atoms with van der Waals surface area (Å²) >= 11 is 6.33. The van der Waals surface area contributed by atoms with E-state index in [0.29, 0.717) is 35.8 Å². The summed E-state index contributed by atoms with van der Waals surface area (Å²) in [6.45, 7) is 4.66. The highest BCUT2D eigenvalue weighted by molar-refractivity contribution is 6.33. The van der Waals surface area contributed by atoms with Crippen LogP contribution in [0.1, 0.15) is 49.8 Å².